The smallest absolute Gasteiger partial charge is 0.303 e. The van der Waals surface area contributed by atoms with Crippen molar-refractivity contribution in [2.24, 2.45) is 5.92 Å². The molecule has 0 saturated heterocycles. The fraction of sp³-hybridized carbons (Fsp3) is 0.462. The number of carboxylic acid groups (broad SMARTS) is 1. The van der Waals surface area contributed by atoms with Crippen LogP contribution in [-0.4, -0.2) is 17.7 Å². The van der Waals surface area contributed by atoms with Gasteiger partial charge in [-0.3, -0.25) is 4.79 Å². The Bertz CT molecular complexity index is 413. The number of ether oxygens (including phenoxy) is 1. The summed E-state index contributed by atoms with van der Waals surface area (Å²) in [5.74, 6) is 0.805. The molecule has 0 heterocycles. The first kappa shape index (κ1) is 12.4. The predicted molar refractivity (Wildman–Crippen MR) is 68.3 cm³/mol. The van der Waals surface area contributed by atoms with Crippen molar-refractivity contribution in [2.45, 2.75) is 25.7 Å². The van der Waals surface area contributed by atoms with E-state index in [9.17, 15) is 4.79 Å². The number of hydrogen-bond acceptors (Lipinski definition) is 2. The van der Waals surface area contributed by atoms with Gasteiger partial charge in [0.2, 0.25) is 0 Å². The molecule has 0 radical (unpaired) electrons. The van der Waals surface area contributed by atoms with E-state index in [1.807, 2.05) is 18.2 Å². The minimum absolute atomic E-state index is 0.161. The lowest BCUT2D eigenvalue weighted by Gasteiger charge is -2.08. The summed E-state index contributed by atoms with van der Waals surface area (Å²) in [5, 5.41) is 8.61. The minimum atomic E-state index is -0.768. The van der Waals surface area contributed by atoms with Crippen LogP contribution >= 0.6 is 15.9 Å². The molecule has 1 saturated carbocycles. The van der Waals surface area contributed by atoms with E-state index in [1.165, 1.54) is 12.8 Å². The van der Waals surface area contributed by atoms with Crippen molar-refractivity contribution in [1.82, 2.24) is 0 Å². The minimum Gasteiger partial charge on any atom is -0.492 e. The number of carbonyl (C=O) groups is 1. The highest BCUT2D eigenvalue weighted by Gasteiger charge is 2.22. The molecule has 92 valence electrons. The quantitative estimate of drug-likeness (QED) is 0.877. The summed E-state index contributed by atoms with van der Waals surface area (Å²) in [4.78, 5) is 10.5. The first-order chi connectivity index (χ1) is 8.15. The highest BCUT2D eigenvalue weighted by Crippen LogP contribution is 2.32. The third kappa shape index (κ3) is 4.04. The lowest BCUT2D eigenvalue weighted by molar-refractivity contribution is -0.136. The lowest BCUT2D eigenvalue weighted by atomic mass is 10.1. The second-order valence-corrected chi connectivity index (χ2v) is 5.27. The number of halogens is 1. The third-order valence-electron chi connectivity index (χ3n) is 2.80. The molecular weight excluding hydrogens is 284 g/mol. The van der Waals surface area contributed by atoms with Crippen LogP contribution < -0.4 is 4.74 Å². The van der Waals surface area contributed by atoms with E-state index >= 15 is 0 Å². The first-order valence-electron chi connectivity index (χ1n) is 5.78. The Morgan fingerprint density at radius 2 is 2.24 bits per heavy atom. The van der Waals surface area contributed by atoms with Gasteiger partial charge in [-0.2, -0.15) is 0 Å². The van der Waals surface area contributed by atoms with Gasteiger partial charge in [0.05, 0.1) is 11.1 Å². The molecule has 0 aliphatic heterocycles. The molecule has 0 spiro atoms. The van der Waals surface area contributed by atoms with Crippen molar-refractivity contribution in [3.63, 3.8) is 0 Å². The van der Waals surface area contributed by atoms with Gasteiger partial charge in [0.25, 0.3) is 0 Å². The van der Waals surface area contributed by atoms with Crippen LogP contribution in [0.4, 0.5) is 0 Å². The summed E-state index contributed by atoms with van der Waals surface area (Å²) >= 11 is 3.45. The Morgan fingerprint density at radius 3 is 2.82 bits per heavy atom. The van der Waals surface area contributed by atoms with Gasteiger partial charge in [-0.05, 0) is 58.8 Å². The summed E-state index contributed by atoms with van der Waals surface area (Å²) < 4.78 is 6.58. The van der Waals surface area contributed by atoms with Gasteiger partial charge < -0.3 is 9.84 Å². The molecule has 3 nitrogen and oxygen atoms in total. The van der Waals surface area contributed by atoms with Crippen LogP contribution in [-0.2, 0) is 11.2 Å². The lowest BCUT2D eigenvalue weighted by Crippen LogP contribution is -2.01. The molecule has 0 unspecified atom stereocenters. The standard InChI is InChI=1S/C13H15BrO3/c14-11-7-9(4-6-13(15)16)3-5-12(11)17-8-10-1-2-10/h3,5,7,10H,1-2,4,6,8H2,(H,15,16). The molecular formula is C13H15BrO3. The van der Waals surface area contributed by atoms with E-state index in [0.29, 0.717) is 6.42 Å². The summed E-state index contributed by atoms with van der Waals surface area (Å²) in [6, 6.07) is 5.77. The second-order valence-electron chi connectivity index (χ2n) is 4.41. The van der Waals surface area contributed by atoms with Crippen LogP contribution in [0.15, 0.2) is 22.7 Å². The molecule has 0 atom stereocenters. The molecule has 1 aromatic rings. The maximum atomic E-state index is 10.5. The molecule has 0 aromatic heterocycles. The molecule has 1 aromatic carbocycles. The van der Waals surface area contributed by atoms with Crippen molar-refractivity contribution < 1.29 is 14.6 Å². The Hall–Kier alpha value is -1.03. The monoisotopic (exact) mass is 298 g/mol. The number of hydrogen-bond donors (Lipinski definition) is 1. The van der Waals surface area contributed by atoms with Crippen LogP contribution in [0.3, 0.4) is 0 Å². The van der Waals surface area contributed by atoms with Crippen LogP contribution in [0.25, 0.3) is 0 Å². The summed E-state index contributed by atoms with van der Waals surface area (Å²) in [7, 11) is 0. The molecule has 0 bridgehead atoms. The van der Waals surface area contributed by atoms with Gasteiger partial charge in [-0.25, -0.2) is 0 Å². The average molecular weight is 299 g/mol. The summed E-state index contributed by atoms with van der Waals surface area (Å²) in [5.41, 5.74) is 1.01. The van der Waals surface area contributed by atoms with Gasteiger partial charge >= 0.3 is 5.97 Å². The molecule has 2 rings (SSSR count). The maximum absolute atomic E-state index is 10.5. The summed E-state index contributed by atoms with van der Waals surface area (Å²) in [6.45, 7) is 0.785. The normalized spacial score (nSPS) is 14.6. The Morgan fingerprint density at radius 1 is 1.47 bits per heavy atom. The zero-order chi connectivity index (χ0) is 12.3. The van der Waals surface area contributed by atoms with Crippen LogP contribution in [0.5, 0.6) is 5.75 Å². The fourth-order valence-corrected chi connectivity index (χ4v) is 2.10. The second kappa shape index (κ2) is 5.54. The Balaban J connectivity index is 1.92. The van der Waals surface area contributed by atoms with E-state index in [4.69, 9.17) is 9.84 Å². The van der Waals surface area contributed by atoms with Crippen molar-refractivity contribution in [3.8, 4) is 5.75 Å². The number of rotatable bonds is 6. The highest BCUT2D eigenvalue weighted by atomic mass is 79.9. The average Bonchev–Trinajstić information content (AvgIpc) is 3.09. The predicted octanol–water partition coefficient (Wildman–Crippen LogP) is 3.26. The van der Waals surface area contributed by atoms with Crippen molar-refractivity contribution >= 4 is 21.9 Å². The van der Waals surface area contributed by atoms with E-state index in [2.05, 4.69) is 15.9 Å². The molecule has 17 heavy (non-hydrogen) atoms. The molecule has 1 aliphatic rings. The first-order valence-corrected chi connectivity index (χ1v) is 6.57. The molecule has 4 heteroatoms. The van der Waals surface area contributed by atoms with E-state index < -0.39 is 5.97 Å². The largest absolute Gasteiger partial charge is 0.492 e. The third-order valence-corrected chi connectivity index (χ3v) is 3.42. The zero-order valence-corrected chi connectivity index (χ0v) is 11.1. The maximum Gasteiger partial charge on any atom is 0.303 e. The van der Waals surface area contributed by atoms with Gasteiger partial charge in [-0.1, -0.05) is 6.07 Å². The molecule has 1 fully saturated rings. The van der Waals surface area contributed by atoms with Crippen LogP contribution in [0.1, 0.15) is 24.8 Å². The van der Waals surface area contributed by atoms with Crippen molar-refractivity contribution in [1.29, 1.82) is 0 Å². The molecule has 1 N–H and O–H groups in total. The Labute approximate surface area is 109 Å². The Kier molecular flexibility index (Phi) is 4.05. The van der Waals surface area contributed by atoms with Crippen LogP contribution in [0.2, 0.25) is 0 Å². The van der Waals surface area contributed by atoms with Gasteiger partial charge in [0.1, 0.15) is 5.75 Å². The summed E-state index contributed by atoms with van der Waals surface area (Å²) in [6.07, 6.45) is 3.26. The van der Waals surface area contributed by atoms with Gasteiger partial charge in [0.15, 0.2) is 0 Å². The zero-order valence-electron chi connectivity index (χ0n) is 9.49. The number of aryl methyl sites for hydroxylation is 1. The van der Waals surface area contributed by atoms with Gasteiger partial charge in [-0.15, -0.1) is 0 Å². The highest BCUT2D eigenvalue weighted by molar-refractivity contribution is 9.10. The number of benzene rings is 1. The topological polar surface area (TPSA) is 46.5 Å². The van der Waals surface area contributed by atoms with E-state index in [0.717, 1.165) is 28.3 Å². The fourth-order valence-electron chi connectivity index (χ4n) is 1.56. The van der Waals surface area contributed by atoms with Crippen molar-refractivity contribution in [2.75, 3.05) is 6.61 Å². The number of aliphatic carboxylic acids is 1. The van der Waals surface area contributed by atoms with Gasteiger partial charge in [0, 0.05) is 6.42 Å². The van der Waals surface area contributed by atoms with E-state index in [-0.39, 0.29) is 6.42 Å². The number of carboxylic acids is 1. The van der Waals surface area contributed by atoms with Crippen molar-refractivity contribution in [3.05, 3.63) is 28.2 Å². The molecule has 0 amide bonds. The molecule has 1 aliphatic carbocycles. The SMILES string of the molecule is O=C(O)CCc1ccc(OCC2CC2)c(Br)c1. The van der Waals surface area contributed by atoms with E-state index in [1.54, 1.807) is 0 Å². The van der Waals surface area contributed by atoms with Crippen LogP contribution in [0, 0.1) is 5.92 Å².